The molecule has 1 fully saturated rings. The van der Waals surface area contributed by atoms with Crippen molar-refractivity contribution in [3.05, 3.63) is 53.3 Å². The van der Waals surface area contributed by atoms with Gasteiger partial charge in [-0.25, -0.2) is 9.97 Å². The van der Waals surface area contributed by atoms with E-state index in [4.69, 9.17) is 25.7 Å². The van der Waals surface area contributed by atoms with Crippen molar-refractivity contribution in [2.24, 2.45) is 0 Å². The summed E-state index contributed by atoms with van der Waals surface area (Å²) in [6.07, 6.45) is 5.11. The SMILES string of the molecule is CC(C)(O)c1ccc(-c2nc(C3CCOCC3)oc2Sc2ccc(Cl)cn2)cn1. The summed E-state index contributed by atoms with van der Waals surface area (Å²) in [6, 6.07) is 7.37. The molecule has 152 valence electrons. The number of oxazole rings is 1. The normalized spacial score (nSPS) is 15.6. The first kappa shape index (κ1) is 20.3. The predicted octanol–water partition coefficient (Wildman–Crippen LogP) is 5.06. The zero-order valence-corrected chi connectivity index (χ0v) is 17.8. The molecule has 0 aromatic carbocycles. The first-order valence-electron chi connectivity index (χ1n) is 9.47. The second kappa shape index (κ2) is 8.44. The molecule has 4 heterocycles. The fraction of sp³-hybridized carbons (Fsp3) is 0.381. The highest BCUT2D eigenvalue weighted by molar-refractivity contribution is 7.99. The molecule has 0 amide bonds. The third-order valence-electron chi connectivity index (χ3n) is 4.74. The van der Waals surface area contributed by atoms with Crippen molar-refractivity contribution in [2.75, 3.05) is 13.2 Å². The molecular formula is C21H22ClN3O3S. The summed E-state index contributed by atoms with van der Waals surface area (Å²) in [5.74, 6) is 0.949. The number of pyridine rings is 2. The minimum absolute atomic E-state index is 0.235. The summed E-state index contributed by atoms with van der Waals surface area (Å²) in [6.45, 7) is 4.85. The number of rotatable bonds is 5. The van der Waals surface area contributed by atoms with Crippen molar-refractivity contribution in [1.29, 1.82) is 0 Å². The highest BCUT2D eigenvalue weighted by Crippen LogP contribution is 2.39. The van der Waals surface area contributed by atoms with E-state index in [0.717, 1.165) is 29.1 Å². The second-order valence-electron chi connectivity index (χ2n) is 7.48. The molecule has 0 saturated carbocycles. The topological polar surface area (TPSA) is 81.3 Å². The third kappa shape index (κ3) is 4.80. The summed E-state index contributed by atoms with van der Waals surface area (Å²) in [5, 5.41) is 12.2. The molecular weight excluding hydrogens is 410 g/mol. The fourth-order valence-electron chi connectivity index (χ4n) is 3.11. The van der Waals surface area contributed by atoms with Crippen LogP contribution in [0.3, 0.4) is 0 Å². The van der Waals surface area contributed by atoms with Gasteiger partial charge < -0.3 is 14.3 Å². The maximum atomic E-state index is 10.2. The lowest BCUT2D eigenvalue weighted by molar-refractivity contribution is 0.0739. The van der Waals surface area contributed by atoms with Crippen LogP contribution in [0.25, 0.3) is 11.3 Å². The van der Waals surface area contributed by atoms with Gasteiger partial charge in [0.2, 0.25) is 0 Å². The summed E-state index contributed by atoms with van der Waals surface area (Å²) < 4.78 is 11.7. The molecule has 6 nitrogen and oxygen atoms in total. The van der Waals surface area contributed by atoms with Crippen LogP contribution in [-0.4, -0.2) is 33.3 Å². The molecule has 0 radical (unpaired) electrons. The van der Waals surface area contributed by atoms with Crippen LogP contribution in [0, 0.1) is 0 Å². The van der Waals surface area contributed by atoms with Gasteiger partial charge in [-0.2, -0.15) is 0 Å². The Labute approximate surface area is 178 Å². The molecule has 0 spiro atoms. The van der Waals surface area contributed by atoms with Crippen LogP contribution in [-0.2, 0) is 10.3 Å². The monoisotopic (exact) mass is 431 g/mol. The first-order valence-corrected chi connectivity index (χ1v) is 10.7. The maximum absolute atomic E-state index is 10.2. The van der Waals surface area contributed by atoms with Gasteiger partial charge in [-0.15, -0.1) is 0 Å². The van der Waals surface area contributed by atoms with Gasteiger partial charge in [-0.3, -0.25) is 4.98 Å². The Morgan fingerprint density at radius 2 is 1.90 bits per heavy atom. The largest absolute Gasteiger partial charge is 0.433 e. The van der Waals surface area contributed by atoms with Gasteiger partial charge in [0, 0.05) is 37.1 Å². The summed E-state index contributed by atoms with van der Waals surface area (Å²) in [4.78, 5) is 13.6. The van der Waals surface area contributed by atoms with Gasteiger partial charge in [0.25, 0.3) is 0 Å². The van der Waals surface area contributed by atoms with Crippen molar-refractivity contribution >= 4 is 23.4 Å². The highest BCUT2D eigenvalue weighted by atomic mass is 35.5. The van der Waals surface area contributed by atoms with Gasteiger partial charge in [-0.1, -0.05) is 11.6 Å². The average molecular weight is 432 g/mol. The highest BCUT2D eigenvalue weighted by Gasteiger charge is 2.26. The number of ether oxygens (including phenoxy) is 1. The van der Waals surface area contributed by atoms with Crippen molar-refractivity contribution in [1.82, 2.24) is 15.0 Å². The summed E-state index contributed by atoms with van der Waals surface area (Å²) in [7, 11) is 0. The minimum atomic E-state index is -1.000. The molecule has 0 bridgehead atoms. The number of aliphatic hydroxyl groups is 1. The molecule has 1 aliphatic rings. The second-order valence-corrected chi connectivity index (χ2v) is 8.91. The molecule has 1 aliphatic heterocycles. The van der Waals surface area contributed by atoms with Gasteiger partial charge >= 0.3 is 0 Å². The average Bonchev–Trinajstić information content (AvgIpc) is 3.14. The number of nitrogens with zero attached hydrogens (tertiary/aromatic N) is 3. The van der Waals surface area contributed by atoms with Crippen LogP contribution in [0.5, 0.6) is 0 Å². The molecule has 3 aromatic heterocycles. The van der Waals surface area contributed by atoms with E-state index in [9.17, 15) is 5.11 Å². The smallest absolute Gasteiger partial charge is 0.199 e. The number of aromatic nitrogens is 3. The molecule has 0 unspecified atom stereocenters. The number of hydrogen-bond donors (Lipinski definition) is 1. The summed E-state index contributed by atoms with van der Waals surface area (Å²) in [5.41, 5.74) is 1.16. The zero-order valence-electron chi connectivity index (χ0n) is 16.3. The molecule has 0 aliphatic carbocycles. The predicted molar refractivity (Wildman–Crippen MR) is 111 cm³/mol. The molecule has 8 heteroatoms. The van der Waals surface area contributed by atoms with E-state index in [2.05, 4.69) is 9.97 Å². The summed E-state index contributed by atoms with van der Waals surface area (Å²) >= 11 is 7.36. The van der Waals surface area contributed by atoms with E-state index in [1.54, 1.807) is 32.3 Å². The van der Waals surface area contributed by atoms with Crippen LogP contribution in [0.4, 0.5) is 0 Å². The van der Waals surface area contributed by atoms with Gasteiger partial charge in [0.15, 0.2) is 11.0 Å². The van der Waals surface area contributed by atoms with E-state index < -0.39 is 5.60 Å². The molecule has 1 N–H and O–H groups in total. The zero-order chi connectivity index (χ0) is 20.4. The fourth-order valence-corrected chi connectivity index (χ4v) is 4.04. The van der Waals surface area contributed by atoms with E-state index in [1.807, 2.05) is 18.2 Å². The van der Waals surface area contributed by atoms with Crippen LogP contribution < -0.4 is 0 Å². The van der Waals surface area contributed by atoms with Crippen molar-refractivity contribution in [3.63, 3.8) is 0 Å². The standard InChI is InChI=1S/C21H22ClN3O3S/c1-21(2,26)16-5-3-14(11-23-16)18-20(29-17-6-4-15(22)12-24-17)28-19(25-18)13-7-9-27-10-8-13/h3-6,11-13,26H,7-10H2,1-2H3. The van der Waals surface area contributed by atoms with E-state index in [0.29, 0.717) is 34.9 Å². The number of halogens is 1. The Morgan fingerprint density at radius 1 is 1.10 bits per heavy atom. The van der Waals surface area contributed by atoms with Crippen LogP contribution in [0.15, 0.2) is 51.2 Å². The van der Waals surface area contributed by atoms with E-state index in [1.165, 1.54) is 11.8 Å². The maximum Gasteiger partial charge on any atom is 0.199 e. The Hall–Kier alpha value is -1.93. The van der Waals surface area contributed by atoms with E-state index >= 15 is 0 Å². The van der Waals surface area contributed by atoms with Gasteiger partial charge in [0.05, 0.1) is 10.7 Å². The van der Waals surface area contributed by atoms with Crippen molar-refractivity contribution < 1.29 is 14.3 Å². The molecule has 1 saturated heterocycles. The van der Waals surface area contributed by atoms with E-state index in [-0.39, 0.29) is 5.92 Å². The quantitative estimate of drug-likeness (QED) is 0.604. The van der Waals surface area contributed by atoms with Crippen molar-refractivity contribution in [3.8, 4) is 11.3 Å². The lowest BCUT2D eigenvalue weighted by Crippen LogP contribution is -2.17. The van der Waals surface area contributed by atoms with Crippen molar-refractivity contribution in [2.45, 2.75) is 48.3 Å². The minimum Gasteiger partial charge on any atom is -0.433 e. The van der Waals surface area contributed by atoms with Gasteiger partial charge in [-0.05, 0) is 62.7 Å². The van der Waals surface area contributed by atoms with Crippen LogP contribution >= 0.6 is 23.4 Å². The first-order chi connectivity index (χ1) is 13.9. The van der Waals surface area contributed by atoms with Gasteiger partial charge in [0.1, 0.15) is 16.3 Å². The Balaban J connectivity index is 1.69. The Morgan fingerprint density at radius 3 is 2.52 bits per heavy atom. The molecule has 0 atom stereocenters. The molecule has 3 aromatic rings. The van der Waals surface area contributed by atoms with Crippen LogP contribution in [0.1, 0.15) is 44.2 Å². The van der Waals surface area contributed by atoms with Crippen LogP contribution in [0.2, 0.25) is 5.02 Å². The number of hydrogen-bond acceptors (Lipinski definition) is 7. The lowest BCUT2D eigenvalue weighted by atomic mass is 10.0. The third-order valence-corrected chi connectivity index (χ3v) is 5.88. The molecule has 29 heavy (non-hydrogen) atoms. The lowest BCUT2D eigenvalue weighted by Gasteiger charge is -2.18. The Kier molecular flexibility index (Phi) is 5.92. The Bertz CT molecular complexity index is 962. The molecule has 4 rings (SSSR count).